The zero-order valence-electron chi connectivity index (χ0n) is 28.1. The summed E-state index contributed by atoms with van der Waals surface area (Å²) < 4.78 is 25.4. The zero-order valence-corrected chi connectivity index (χ0v) is 28.1. The molecule has 0 atom stereocenters. The molecule has 5 nitrogen and oxygen atoms in total. The normalized spacial score (nSPS) is 13.4. The van der Waals surface area contributed by atoms with Gasteiger partial charge in [-0.15, -0.1) is 0 Å². The average Bonchev–Trinajstić information content (AvgIpc) is 3.11. The molecule has 5 heteroatoms. The Morgan fingerprint density at radius 2 is 1.29 bits per heavy atom. The van der Waals surface area contributed by atoms with Crippen LogP contribution in [-0.4, -0.2) is 11.4 Å². The Balaban J connectivity index is 1.33. The van der Waals surface area contributed by atoms with Gasteiger partial charge in [-0.2, -0.15) is 0 Å². The lowest BCUT2D eigenvalue weighted by atomic mass is 9.87. The van der Waals surface area contributed by atoms with Crippen molar-refractivity contribution in [3.05, 3.63) is 160 Å². The summed E-state index contributed by atoms with van der Waals surface area (Å²) >= 11 is 0. The van der Waals surface area contributed by atoms with Gasteiger partial charge in [0.05, 0.1) is 5.56 Å². The average molecular weight is 639 g/mol. The van der Waals surface area contributed by atoms with Crippen LogP contribution in [0.5, 0.6) is 23.0 Å². The van der Waals surface area contributed by atoms with E-state index in [1.807, 2.05) is 91.0 Å². The van der Waals surface area contributed by atoms with Gasteiger partial charge in [0, 0.05) is 17.2 Å². The Morgan fingerprint density at radius 3 is 1.90 bits per heavy atom. The second-order valence-electron chi connectivity index (χ2n) is 12.8. The van der Waals surface area contributed by atoms with Gasteiger partial charge in [-0.3, -0.25) is 4.79 Å². The number of ketones is 1. The number of carbonyl (C=O) groups is 1. The lowest BCUT2D eigenvalue weighted by Crippen LogP contribution is -2.33. The predicted octanol–water partition coefficient (Wildman–Crippen LogP) is 10.0. The lowest BCUT2D eigenvalue weighted by molar-refractivity contribution is 0.0832. The van der Waals surface area contributed by atoms with E-state index >= 15 is 0 Å². The molecule has 0 N–H and O–H groups in total. The maximum absolute atomic E-state index is 14.0. The van der Waals surface area contributed by atoms with Gasteiger partial charge in [0.25, 0.3) is 0 Å². The molecule has 1 aliphatic heterocycles. The molecule has 0 saturated heterocycles. The number of fused-ring (bicyclic) bond motifs is 1. The molecule has 0 amide bonds. The molecule has 0 fully saturated rings. The highest BCUT2D eigenvalue weighted by atomic mass is 16.5. The molecular weight excluding hydrogens is 596 g/mol. The summed E-state index contributed by atoms with van der Waals surface area (Å²) in [5.41, 5.74) is 7.32. The van der Waals surface area contributed by atoms with Crippen LogP contribution >= 0.6 is 0 Å². The SMILES string of the molecule is Cc1c(C)c2c(c(C=CC(=O)c3ccc(OCc4ccccc4)cc3OCc3ccccc3)c1OCc1ccccc1)CCC(C)(C)O2. The third-order valence-electron chi connectivity index (χ3n) is 8.77. The Hall–Kier alpha value is -5.29. The topological polar surface area (TPSA) is 54.0 Å². The first-order chi connectivity index (χ1) is 23.3. The van der Waals surface area contributed by atoms with Crippen molar-refractivity contribution in [1.29, 1.82) is 0 Å². The quantitative estimate of drug-likeness (QED) is 0.101. The van der Waals surface area contributed by atoms with E-state index in [9.17, 15) is 4.79 Å². The van der Waals surface area contributed by atoms with Crippen molar-refractivity contribution >= 4 is 11.9 Å². The van der Waals surface area contributed by atoms with Crippen LogP contribution in [0.4, 0.5) is 0 Å². The van der Waals surface area contributed by atoms with E-state index in [4.69, 9.17) is 18.9 Å². The van der Waals surface area contributed by atoms with Gasteiger partial charge in [-0.05, 0) is 92.6 Å². The van der Waals surface area contributed by atoms with Gasteiger partial charge in [0.15, 0.2) is 5.78 Å². The summed E-state index contributed by atoms with van der Waals surface area (Å²) in [5, 5.41) is 0. The van der Waals surface area contributed by atoms with Crippen LogP contribution in [0.25, 0.3) is 6.08 Å². The minimum absolute atomic E-state index is 0.175. The molecule has 0 unspecified atom stereocenters. The number of allylic oxidation sites excluding steroid dienone is 1. The standard InChI is InChI=1S/C43H42O5/c1-30-31(2)42-37(24-25-43(3,4)48-42)36(41(30)47-29-34-18-12-7-13-19-34)22-23-39(44)38-21-20-35(45-27-32-14-8-5-9-15-32)26-40(38)46-28-33-16-10-6-11-17-33/h5-23,26H,24-25,27-29H2,1-4H3. The number of ether oxygens (including phenoxy) is 4. The van der Waals surface area contributed by atoms with Crippen molar-refractivity contribution in [2.75, 3.05) is 0 Å². The summed E-state index contributed by atoms with van der Waals surface area (Å²) in [4.78, 5) is 14.0. The zero-order chi connectivity index (χ0) is 33.5. The van der Waals surface area contributed by atoms with E-state index in [2.05, 4.69) is 39.8 Å². The lowest BCUT2D eigenvalue weighted by Gasteiger charge is -2.35. The van der Waals surface area contributed by atoms with E-state index in [0.717, 1.165) is 63.3 Å². The van der Waals surface area contributed by atoms with Crippen molar-refractivity contribution in [1.82, 2.24) is 0 Å². The third-order valence-corrected chi connectivity index (χ3v) is 8.77. The third kappa shape index (κ3) is 7.80. The summed E-state index contributed by atoms with van der Waals surface area (Å²) in [6.07, 6.45) is 5.18. The molecule has 0 bridgehead atoms. The molecule has 0 spiro atoms. The molecule has 0 saturated carbocycles. The minimum Gasteiger partial charge on any atom is -0.489 e. The van der Waals surface area contributed by atoms with Gasteiger partial charge in [0.2, 0.25) is 0 Å². The number of hydrogen-bond donors (Lipinski definition) is 0. The van der Waals surface area contributed by atoms with E-state index in [1.54, 1.807) is 18.2 Å². The number of benzene rings is 5. The summed E-state index contributed by atoms with van der Waals surface area (Å²) in [6.45, 7) is 9.53. The van der Waals surface area contributed by atoms with Crippen molar-refractivity contribution in [3.8, 4) is 23.0 Å². The highest BCUT2D eigenvalue weighted by Gasteiger charge is 2.32. The second kappa shape index (κ2) is 14.6. The monoisotopic (exact) mass is 638 g/mol. The van der Waals surface area contributed by atoms with Crippen molar-refractivity contribution < 1.29 is 23.7 Å². The number of carbonyl (C=O) groups excluding carboxylic acids is 1. The molecule has 0 radical (unpaired) electrons. The van der Waals surface area contributed by atoms with Crippen LogP contribution in [0.3, 0.4) is 0 Å². The maximum Gasteiger partial charge on any atom is 0.189 e. The first kappa shape index (κ1) is 32.6. The van der Waals surface area contributed by atoms with E-state index in [-0.39, 0.29) is 11.4 Å². The van der Waals surface area contributed by atoms with Crippen LogP contribution in [-0.2, 0) is 26.2 Å². The van der Waals surface area contributed by atoms with Gasteiger partial charge in [-0.25, -0.2) is 0 Å². The van der Waals surface area contributed by atoms with Gasteiger partial charge in [-0.1, -0.05) is 91.0 Å². The van der Waals surface area contributed by atoms with Gasteiger partial charge in [0.1, 0.15) is 48.4 Å². The van der Waals surface area contributed by atoms with Crippen LogP contribution < -0.4 is 18.9 Å². The highest BCUT2D eigenvalue weighted by molar-refractivity contribution is 6.09. The van der Waals surface area contributed by atoms with Crippen LogP contribution in [0.15, 0.2) is 115 Å². The smallest absolute Gasteiger partial charge is 0.189 e. The van der Waals surface area contributed by atoms with Crippen molar-refractivity contribution in [2.24, 2.45) is 0 Å². The molecule has 5 aromatic rings. The summed E-state index contributed by atoms with van der Waals surface area (Å²) in [6, 6.07) is 35.4. The molecule has 1 aliphatic rings. The molecule has 0 aliphatic carbocycles. The Morgan fingerprint density at radius 1 is 0.729 bits per heavy atom. The Labute approximate surface area is 283 Å². The van der Waals surface area contributed by atoms with E-state index in [0.29, 0.717) is 36.9 Å². The fourth-order valence-corrected chi connectivity index (χ4v) is 5.90. The highest BCUT2D eigenvalue weighted by Crippen LogP contribution is 2.45. The van der Waals surface area contributed by atoms with Crippen LogP contribution in [0.2, 0.25) is 0 Å². The summed E-state index contributed by atoms with van der Waals surface area (Å²) in [5.74, 6) is 2.57. The molecular formula is C43H42O5. The first-order valence-electron chi connectivity index (χ1n) is 16.5. The van der Waals surface area contributed by atoms with Gasteiger partial charge < -0.3 is 18.9 Å². The molecule has 1 heterocycles. The van der Waals surface area contributed by atoms with E-state index in [1.165, 1.54) is 0 Å². The molecule has 48 heavy (non-hydrogen) atoms. The van der Waals surface area contributed by atoms with Gasteiger partial charge >= 0.3 is 0 Å². The van der Waals surface area contributed by atoms with Crippen molar-refractivity contribution in [2.45, 2.75) is 66.0 Å². The second-order valence-corrected chi connectivity index (χ2v) is 12.8. The van der Waals surface area contributed by atoms with Crippen molar-refractivity contribution in [3.63, 3.8) is 0 Å². The van der Waals surface area contributed by atoms with Crippen LogP contribution in [0.1, 0.15) is 69.6 Å². The fourth-order valence-electron chi connectivity index (χ4n) is 5.90. The first-order valence-corrected chi connectivity index (χ1v) is 16.5. The number of hydrogen-bond acceptors (Lipinski definition) is 5. The molecule has 6 rings (SSSR count). The fraction of sp³-hybridized carbons (Fsp3) is 0.233. The largest absolute Gasteiger partial charge is 0.489 e. The van der Waals surface area contributed by atoms with Crippen LogP contribution in [0, 0.1) is 13.8 Å². The predicted molar refractivity (Wildman–Crippen MR) is 191 cm³/mol. The van der Waals surface area contributed by atoms with E-state index < -0.39 is 0 Å². The Bertz CT molecular complexity index is 1890. The maximum atomic E-state index is 14.0. The Kier molecular flexibility index (Phi) is 9.96. The molecule has 244 valence electrons. The molecule has 0 aromatic heterocycles. The molecule has 5 aromatic carbocycles. The summed E-state index contributed by atoms with van der Waals surface area (Å²) in [7, 11) is 0. The number of rotatable bonds is 12. The minimum atomic E-state index is -0.275.